The van der Waals surface area contributed by atoms with Crippen LogP contribution in [0.4, 0.5) is 4.79 Å². The van der Waals surface area contributed by atoms with Gasteiger partial charge in [-0.25, -0.2) is 4.79 Å². The molecule has 1 aliphatic rings. The second kappa shape index (κ2) is 6.72. The van der Waals surface area contributed by atoms with Gasteiger partial charge in [0, 0.05) is 6.54 Å². The first kappa shape index (κ1) is 17.7. The van der Waals surface area contributed by atoms with Crippen molar-refractivity contribution in [2.24, 2.45) is 11.7 Å². The van der Waals surface area contributed by atoms with E-state index in [-0.39, 0.29) is 30.8 Å². The van der Waals surface area contributed by atoms with Crippen molar-refractivity contribution in [3.8, 4) is 0 Å². The van der Waals surface area contributed by atoms with Crippen LogP contribution in [-0.4, -0.2) is 47.9 Å². The summed E-state index contributed by atoms with van der Waals surface area (Å²) in [6.45, 7) is 5.91. The Balaban J connectivity index is 0.00000324. The van der Waals surface area contributed by atoms with Crippen molar-refractivity contribution in [1.82, 2.24) is 15.5 Å². The van der Waals surface area contributed by atoms with Gasteiger partial charge in [-0.15, -0.1) is 12.4 Å². The van der Waals surface area contributed by atoms with Crippen molar-refractivity contribution in [3.05, 3.63) is 0 Å². The van der Waals surface area contributed by atoms with Crippen molar-refractivity contribution < 1.29 is 14.4 Å². The molecule has 19 heavy (non-hydrogen) atoms. The molecule has 0 aromatic rings. The molecule has 0 aliphatic carbocycles. The minimum Gasteiger partial charge on any atom is -0.354 e. The van der Waals surface area contributed by atoms with Crippen LogP contribution in [0.15, 0.2) is 0 Å². The van der Waals surface area contributed by atoms with Crippen molar-refractivity contribution in [1.29, 1.82) is 0 Å². The molecule has 0 bridgehead atoms. The topological polar surface area (TPSA) is 105 Å². The quantitative estimate of drug-likeness (QED) is 0.591. The average molecular weight is 293 g/mol. The van der Waals surface area contributed by atoms with E-state index in [0.29, 0.717) is 13.1 Å². The van der Waals surface area contributed by atoms with Crippen molar-refractivity contribution in [3.63, 3.8) is 0 Å². The lowest BCUT2D eigenvalue weighted by atomic mass is 10.0. The van der Waals surface area contributed by atoms with Gasteiger partial charge in [-0.05, 0) is 26.3 Å². The zero-order chi connectivity index (χ0) is 13.9. The van der Waals surface area contributed by atoms with E-state index in [1.54, 1.807) is 13.8 Å². The predicted octanol–water partition coefficient (Wildman–Crippen LogP) is -0.550. The van der Waals surface area contributed by atoms with Crippen LogP contribution in [0.1, 0.15) is 20.8 Å². The third-order valence-corrected chi connectivity index (χ3v) is 3.05. The fourth-order valence-corrected chi connectivity index (χ4v) is 1.53. The van der Waals surface area contributed by atoms with Crippen LogP contribution in [0.5, 0.6) is 0 Å². The Morgan fingerprint density at radius 2 is 2.05 bits per heavy atom. The first-order chi connectivity index (χ1) is 8.28. The molecular formula is C11H21ClN4O3. The lowest BCUT2D eigenvalue weighted by Crippen LogP contribution is -2.49. The number of amides is 4. The average Bonchev–Trinajstić information content (AvgIpc) is 2.49. The maximum Gasteiger partial charge on any atom is 0.325 e. The number of carbonyl (C=O) groups is 3. The lowest BCUT2D eigenvalue weighted by molar-refractivity contribution is -0.127. The van der Waals surface area contributed by atoms with Gasteiger partial charge in [-0.1, -0.05) is 6.92 Å². The van der Waals surface area contributed by atoms with E-state index in [1.807, 2.05) is 6.92 Å². The maximum atomic E-state index is 11.7. The van der Waals surface area contributed by atoms with Crippen molar-refractivity contribution in [2.45, 2.75) is 26.3 Å². The zero-order valence-electron chi connectivity index (χ0n) is 11.4. The number of urea groups is 1. The van der Waals surface area contributed by atoms with Crippen LogP contribution in [0.3, 0.4) is 0 Å². The minimum atomic E-state index is -0.992. The molecule has 1 fully saturated rings. The number of nitrogens with zero attached hydrogens (tertiary/aromatic N) is 1. The molecule has 110 valence electrons. The zero-order valence-corrected chi connectivity index (χ0v) is 12.2. The SMILES string of the molecule is CC(CN)CNC(=O)CN1C(=O)NC(=O)C1(C)C.Cl. The van der Waals surface area contributed by atoms with E-state index in [0.717, 1.165) is 0 Å². The van der Waals surface area contributed by atoms with Crippen LogP contribution in [-0.2, 0) is 9.59 Å². The highest BCUT2D eigenvalue weighted by Crippen LogP contribution is 2.19. The van der Waals surface area contributed by atoms with Gasteiger partial charge in [0.05, 0.1) is 0 Å². The first-order valence-electron chi connectivity index (χ1n) is 5.89. The van der Waals surface area contributed by atoms with E-state index < -0.39 is 17.5 Å². The fraction of sp³-hybridized carbons (Fsp3) is 0.727. The summed E-state index contributed by atoms with van der Waals surface area (Å²) >= 11 is 0. The van der Waals surface area contributed by atoms with E-state index in [2.05, 4.69) is 10.6 Å². The minimum absolute atomic E-state index is 0. The molecule has 4 amide bonds. The summed E-state index contributed by atoms with van der Waals surface area (Å²) in [6, 6.07) is -0.535. The molecule has 4 N–H and O–H groups in total. The molecule has 7 nitrogen and oxygen atoms in total. The highest BCUT2D eigenvalue weighted by molar-refractivity contribution is 6.07. The second-order valence-corrected chi connectivity index (χ2v) is 5.05. The molecule has 0 saturated carbocycles. The van der Waals surface area contributed by atoms with Gasteiger partial charge in [0.1, 0.15) is 12.1 Å². The normalized spacial score (nSPS) is 18.6. The van der Waals surface area contributed by atoms with Crippen molar-refractivity contribution >= 4 is 30.3 Å². The number of imide groups is 1. The van der Waals surface area contributed by atoms with Crippen LogP contribution in [0.25, 0.3) is 0 Å². The summed E-state index contributed by atoms with van der Waals surface area (Å²) in [5.41, 5.74) is 4.44. The molecule has 0 aromatic heterocycles. The molecular weight excluding hydrogens is 272 g/mol. The molecule has 1 saturated heterocycles. The van der Waals surface area contributed by atoms with Gasteiger partial charge in [-0.3, -0.25) is 14.9 Å². The molecule has 0 radical (unpaired) electrons. The van der Waals surface area contributed by atoms with Crippen molar-refractivity contribution in [2.75, 3.05) is 19.6 Å². The molecule has 0 aromatic carbocycles. The number of hydrogen-bond donors (Lipinski definition) is 3. The van der Waals surface area contributed by atoms with Gasteiger partial charge in [-0.2, -0.15) is 0 Å². The highest BCUT2D eigenvalue weighted by Gasteiger charge is 2.46. The predicted molar refractivity (Wildman–Crippen MR) is 72.8 cm³/mol. The summed E-state index contributed by atoms with van der Waals surface area (Å²) in [5.74, 6) is -0.514. The first-order valence-corrected chi connectivity index (χ1v) is 5.89. The Labute approximate surface area is 118 Å². The summed E-state index contributed by atoms with van der Waals surface area (Å²) in [5, 5.41) is 4.87. The molecule has 1 atom stereocenters. The number of carbonyl (C=O) groups excluding carboxylic acids is 3. The Morgan fingerprint density at radius 1 is 1.47 bits per heavy atom. The summed E-state index contributed by atoms with van der Waals surface area (Å²) < 4.78 is 0. The van der Waals surface area contributed by atoms with Gasteiger partial charge in [0.25, 0.3) is 5.91 Å². The number of rotatable bonds is 5. The second-order valence-electron chi connectivity index (χ2n) is 5.05. The Bertz CT molecular complexity index is 373. The number of nitrogens with two attached hydrogens (primary N) is 1. The standard InChI is InChI=1S/C11H20N4O3.ClH/c1-7(4-12)5-13-8(16)6-15-10(18)14-9(17)11(15,2)3;/h7H,4-6,12H2,1-3H3,(H,13,16)(H,14,17,18);1H. The van der Waals surface area contributed by atoms with E-state index in [1.165, 1.54) is 4.90 Å². The van der Waals surface area contributed by atoms with E-state index in [9.17, 15) is 14.4 Å². The van der Waals surface area contributed by atoms with E-state index in [4.69, 9.17) is 5.73 Å². The number of nitrogens with one attached hydrogen (secondary N) is 2. The van der Waals surface area contributed by atoms with Gasteiger partial charge >= 0.3 is 6.03 Å². The highest BCUT2D eigenvalue weighted by atomic mass is 35.5. The third kappa shape index (κ3) is 4.07. The Morgan fingerprint density at radius 3 is 2.47 bits per heavy atom. The van der Waals surface area contributed by atoms with Crippen LogP contribution >= 0.6 is 12.4 Å². The van der Waals surface area contributed by atoms with Crippen LogP contribution < -0.4 is 16.4 Å². The summed E-state index contributed by atoms with van der Waals surface area (Å²) in [4.78, 5) is 35.9. The lowest BCUT2D eigenvalue weighted by Gasteiger charge is -2.27. The smallest absolute Gasteiger partial charge is 0.325 e. The molecule has 1 rings (SSSR count). The van der Waals surface area contributed by atoms with E-state index >= 15 is 0 Å². The van der Waals surface area contributed by atoms with Crippen LogP contribution in [0, 0.1) is 5.92 Å². The molecule has 1 aliphatic heterocycles. The van der Waals surface area contributed by atoms with Crippen LogP contribution in [0.2, 0.25) is 0 Å². The molecule has 8 heteroatoms. The third-order valence-electron chi connectivity index (χ3n) is 3.05. The Kier molecular flexibility index (Phi) is 6.24. The van der Waals surface area contributed by atoms with Gasteiger partial charge in [0.2, 0.25) is 5.91 Å². The summed E-state index contributed by atoms with van der Waals surface area (Å²) in [6.07, 6.45) is 0. The van der Waals surface area contributed by atoms with Gasteiger partial charge < -0.3 is 16.0 Å². The molecule has 1 unspecified atom stereocenters. The maximum absolute atomic E-state index is 11.7. The molecule has 0 spiro atoms. The number of halogens is 1. The molecule has 1 heterocycles. The Hall–Kier alpha value is -1.34. The largest absolute Gasteiger partial charge is 0.354 e. The summed E-state index contributed by atoms with van der Waals surface area (Å²) in [7, 11) is 0. The monoisotopic (exact) mass is 292 g/mol. The number of hydrogen-bond acceptors (Lipinski definition) is 4. The fourth-order valence-electron chi connectivity index (χ4n) is 1.53. The van der Waals surface area contributed by atoms with Gasteiger partial charge in [0.15, 0.2) is 0 Å².